The van der Waals surface area contributed by atoms with Crippen molar-refractivity contribution >= 4 is 15.9 Å². The minimum Gasteiger partial charge on any atom is -0.485 e. The smallest absolute Gasteiger partial charge is 0.223 e. The summed E-state index contributed by atoms with van der Waals surface area (Å²) in [6.45, 7) is 6.02. The Morgan fingerprint density at radius 1 is 1.40 bits per heavy atom. The van der Waals surface area contributed by atoms with Crippen LogP contribution in [0.4, 0.5) is 0 Å². The van der Waals surface area contributed by atoms with E-state index < -0.39 is 0 Å². The predicted molar refractivity (Wildman–Crippen MR) is 79.5 cm³/mol. The molecule has 0 radical (unpaired) electrons. The summed E-state index contributed by atoms with van der Waals surface area (Å²) in [5, 5.41) is 7.17. The third-order valence-corrected chi connectivity index (χ3v) is 3.47. The summed E-state index contributed by atoms with van der Waals surface area (Å²) in [6, 6.07) is 5.92. The number of hydrogen-bond acceptors (Lipinski definition) is 5. The quantitative estimate of drug-likeness (QED) is 0.784. The summed E-state index contributed by atoms with van der Waals surface area (Å²) in [4.78, 5) is 4.10. The molecule has 0 atom stereocenters. The van der Waals surface area contributed by atoms with Crippen LogP contribution in [-0.4, -0.2) is 16.7 Å². The van der Waals surface area contributed by atoms with E-state index in [1.165, 1.54) is 5.56 Å². The Labute approximate surface area is 126 Å². The largest absolute Gasteiger partial charge is 0.485 e. The molecule has 0 aliphatic carbocycles. The molecule has 20 heavy (non-hydrogen) atoms. The van der Waals surface area contributed by atoms with E-state index in [1.54, 1.807) is 6.92 Å². The van der Waals surface area contributed by atoms with Crippen LogP contribution in [0.1, 0.15) is 30.6 Å². The van der Waals surface area contributed by atoms with Crippen molar-refractivity contribution in [1.82, 2.24) is 15.5 Å². The van der Waals surface area contributed by atoms with E-state index in [2.05, 4.69) is 38.3 Å². The van der Waals surface area contributed by atoms with E-state index in [4.69, 9.17) is 9.26 Å². The minimum absolute atomic E-state index is 0.306. The normalized spacial score (nSPS) is 10.8. The van der Waals surface area contributed by atoms with Crippen LogP contribution in [0.15, 0.2) is 27.2 Å². The molecule has 1 aromatic heterocycles. The maximum Gasteiger partial charge on any atom is 0.223 e. The second-order valence-corrected chi connectivity index (χ2v) is 5.30. The Morgan fingerprint density at radius 3 is 2.95 bits per heavy atom. The van der Waals surface area contributed by atoms with Gasteiger partial charge in [-0.25, -0.2) is 0 Å². The molecule has 0 spiro atoms. The molecule has 0 fully saturated rings. The topological polar surface area (TPSA) is 60.2 Å². The molecule has 108 valence electrons. The average Bonchev–Trinajstić information content (AvgIpc) is 2.85. The molecule has 1 heterocycles. The van der Waals surface area contributed by atoms with Gasteiger partial charge in [0, 0.05) is 17.9 Å². The number of benzene rings is 1. The summed E-state index contributed by atoms with van der Waals surface area (Å²) < 4.78 is 11.6. The van der Waals surface area contributed by atoms with Crippen molar-refractivity contribution < 1.29 is 9.26 Å². The zero-order chi connectivity index (χ0) is 14.4. The molecule has 1 N–H and O–H groups in total. The lowest BCUT2D eigenvalue weighted by Crippen LogP contribution is -2.14. The highest BCUT2D eigenvalue weighted by molar-refractivity contribution is 9.10. The van der Waals surface area contributed by atoms with Gasteiger partial charge in [-0.05, 0) is 36.7 Å². The molecule has 0 unspecified atom stereocenters. The monoisotopic (exact) mass is 339 g/mol. The molecular formula is C14H18BrN3O2. The SMILES string of the molecule is CCCNCc1cc(OCc2noc(C)n2)ccc1Br. The molecule has 5 nitrogen and oxygen atoms in total. The maximum absolute atomic E-state index is 5.67. The van der Waals surface area contributed by atoms with E-state index in [9.17, 15) is 0 Å². The first-order chi connectivity index (χ1) is 9.69. The summed E-state index contributed by atoms with van der Waals surface area (Å²) in [5.74, 6) is 1.89. The zero-order valence-electron chi connectivity index (χ0n) is 11.6. The number of rotatable bonds is 7. The van der Waals surface area contributed by atoms with Crippen LogP contribution in [0, 0.1) is 6.92 Å². The number of ether oxygens (including phenoxy) is 1. The zero-order valence-corrected chi connectivity index (χ0v) is 13.2. The van der Waals surface area contributed by atoms with Gasteiger partial charge in [-0.1, -0.05) is 28.0 Å². The number of halogens is 1. The van der Waals surface area contributed by atoms with Crippen molar-refractivity contribution in [2.45, 2.75) is 33.4 Å². The van der Waals surface area contributed by atoms with Gasteiger partial charge in [-0.15, -0.1) is 0 Å². The van der Waals surface area contributed by atoms with Crippen molar-refractivity contribution in [3.05, 3.63) is 40.0 Å². The standard InChI is InChI=1S/C14H18BrN3O2/c1-3-6-16-8-11-7-12(4-5-13(11)15)19-9-14-17-10(2)20-18-14/h4-5,7,16H,3,6,8-9H2,1-2H3. The minimum atomic E-state index is 0.306. The molecule has 0 amide bonds. The molecule has 2 rings (SSSR count). The van der Waals surface area contributed by atoms with E-state index in [-0.39, 0.29) is 0 Å². The first-order valence-corrected chi connectivity index (χ1v) is 7.39. The van der Waals surface area contributed by atoms with E-state index in [0.717, 1.165) is 29.7 Å². The number of hydrogen-bond donors (Lipinski definition) is 1. The summed E-state index contributed by atoms with van der Waals surface area (Å²) in [5.41, 5.74) is 1.17. The van der Waals surface area contributed by atoms with Gasteiger partial charge in [0.25, 0.3) is 0 Å². The highest BCUT2D eigenvalue weighted by Gasteiger charge is 2.06. The summed E-state index contributed by atoms with van der Waals surface area (Å²) >= 11 is 3.55. The van der Waals surface area contributed by atoms with Crippen molar-refractivity contribution in [2.75, 3.05) is 6.54 Å². The van der Waals surface area contributed by atoms with E-state index >= 15 is 0 Å². The third kappa shape index (κ3) is 4.31. The number of aryl methyl sites for hydroxylation is 1. The van der Waals surface area contributed by atoms with Crippen molar-refractivity contribution in [1.29, 1.82) is 0 Å². The average molecular weight is 340 g/mol. The van der Waals surface area contributed by atoms with E-state index in [0.29, 0.717) is 18.3 Å². The first kappa shape index (κ1) is 15.0. The van der Waals surface area contributed by atoms with E-state index in [1.807, 2.05) is 18.2 Å². The van der Waals surface area contributed by atoms with Crippen LogP contribution < -0.4 is 10.1 Å². The van der Waals surface area contributed by atoms with Gasteiger partial charge < -0.3 is 14.6 Å². The molecular weight excluding hydrogens is 322 g/mol. The summed E-state index contributed by atoms with van der Waals surface area (Å²) in [7, 11) is 0. The number of aromatic nitrogens is 2. The van der Waals surface area contributed by atoms with Gasteiger partial charge in [-0.2, -0.15) is 4.98 Å². The lowest BCUT2D eigenvalue weighted by Gasteiger charge is -2.09. The van der Waals surface area contributed by atoms with Crippen molar-refractivity contribution in [3.63, 3.8) is 0 Å². The van der Waals surface area contributed by atoms with Gasteiger partial charge in [0.1, 0.15) is 5.75 Å². The molecule has 1 aromatic carbocycles. The Hall–Kier alpha value is -1.40. The fraction of sp³-hybridized carbons (Fsp3) is 0.429. The van der Waals surface area contributed by atoms with Crippen LogP contribution >= 0.6 is 15.9 Å². The van der Waals surface area contributed by atoms with Gasteiger partial charge >= 0.3 is 0 Å². The van der Waals surface area contributed by atoms with Crippen molar-refractivity contribution in [2.24, 2.45) is 0 Å². The summed E-state index contributed by atoms with van der Waals surface area (Å²) in [6.07, 6.45) is 1.12. The Morgan fingerprint density at radius 2 is 2.25 bits per heavy atom. The predicted octanol–water partition coefficient (Wildman–Crippen LogP) is 3.22. The first-order valence-electron chi connectivity index (χ1n) is 6.60. The van der Waals surface area contributed by atoms with Crippen LogP contribution in [0.2, 0.25) is 0 Å². The van der Waals surface area contributed by atoms with Crippen LogP contribution in [0.5, 0.6) is 5.75 Å². The van der Waals surface area contributed by atoms with Crippen LogP contribution in [-0.2, 0) is 13.2 Å². The fourth-order valence-electron chi connectivity index (χ4n) is 1.72. The van der Waals surface area contributed by atoms with Gasteiger partial charge in [0.2, 0.25) is 11.7 Å². The molecule has 0 saturated carbocycles. The van der Waals surface area contributed by atoms with Gasteiger partial charge in [0.15, 0.2) is 6.61 Å². The van der Waals surface area contributed by atoms with Crippen LogP contribution in [0.25, 0.3) is 0 Å². The molecule has 6 heteroatoms. The third-order valence-electron chi connectivity index (χ3n) is 2.70. The van der Waals surface area contributed by atoms with Gasteiger partial charge in [-0.3, -0.25) is 0 Å². The highest BCUT2D eigenvalue weighted by Crippen LogP contribution is 2.23. The maximum atomic E-state index is 5.67. The molecule has 0 saturated heterocycles. The van der Waals surface area contributed by atoms with Crippen LogP contribution in [0.3, 0.4) is 0 Å². The molecule has 0 bridgehead atoms. The Kier molecular flexibility index (Phi) is 5.55. The number of nitrogens with one attached hydrogen (secondary N) is 1. The molecule has 0 aliphatic heterocycles. The van der Waals surface area contributed by atoms with Gasteiger partial charge in [0.05, 0.1) is 0 Å². The lowest BCUT2D eigenvalue weighted by molar-refractivity contribution is 0.285. The number of nitrogens with zero attached hydrogens (tertiary/aromatic N) is 2. The second-order valence-electron chi connectivity index (χ2n) is 4.45. The lowest BCUT2D eigenvalue weighted by atomic mass is 10.2. The second kappa shape index (κ2) is 7.40. The Bertz CT molecular complexity index is 557. The fourth-order valence-corrected chi connectivity index (χ4v) is 2.11. The highest BCUT2D eigenvalue weighted by atomic mass is 79.9. The molecule has 0 aliphatic rings. The van der Waals surface area contributed by atoms with Crippen molar-refractivity contribution in [3.8, 4) is 5.75 Å². The molecule has 2 aromatic rings. The Balaban J connectivity index is 1.95.